The van der Waals surface area contributed by atoms with E-state index in [4.69, 9.17) is 11.6 Å². The van der Waals surface area contributed by atoms with Crippen molar-refractivity contribution in [2.45, 2.75) is 6.92 Å². The van der Waals surface area contributed by atoms with E-state index >= 15 is 0 Å². The van der Waals surface area contributed by atoms with Crippen LogP contribution in [0.25, 0.3) is 10.2 Å². The average molecular weight is 378 g/mol. The number of aryl methyl sites for hydroxylation is 1. The quantitative estimate of drug-likeness (QED) is 0.704. The second-order valence-corrected chi connectivity index (χ2v) is 7.03. The summed E-state index contributed by atoms with van der Waals surface area (Å²) >= 11 is 7.16. The molecule has 1 amide bonds. The number of carbonyl (C=O) groups excluding carboxylic acids is 1. The molecule has 0 N–H and O–H groups in total. The Morgan fingerprint density at radius 3 is 2.56 bits per heavy atom. The van der Waals surface area contributed by atoms with Gasteiger partial charge >= 0.3 is 5.69 Å². The number of benzene rings is 1. The van der Waals surface area contributed by atoms with Crippen LogP contribution in [0.15, 0.2) is 39.9 Å². The first kappa shape index (κ1) is 17.4. The van der Waals surface area contributed by atoms with Gasteiger partial charge < -0.3 is 4.90 Å². The van der Waals surface area contributed by atoms with Gasteiger partial charge in [0.2, 0.25) is 0 Å². The molecule has 25 heavy (non-hydrogen) atoms. The molecule has 0 fully saturated rings. The third kappa shape index (κ3) is 2.89. The second-order valence-electron chi connectivity index (χ2n) is 5.56. The first-order valence-electron chi connectivity index (χ1n) is 7.62. The van der Waals surface area contributed by atoms with E-state index in [0.717, 1.165) is 15.9 Å². The maximum absolute atomic E-state index is 12.9. The van der Waals surface area contributed by atoms with Gasteiger partial charge in [0.15, 0.2) is 0 Å². The van der Waals surface area contributed by atoms with E-state index in [-0.39, 0.29) is 5.91 Å². The molecule has 2 heterocycles. The Labute approximate surface area is 152 Å². The van der Waals surface area contributed by atoms with Gasteiger partial charge in [-0.15, -0.1) is 11.3 Å². The zero-order chi connectivity index (χ0) is 18.3. The number of carbonyl (C=O) groups is 1. The Balaban J connectivity index is 2.14. The lowest BCUT2D eigenvalue weighted by atomic mass is 10.2. The molecule has 0 atom stereocenters. The van der Waals surface area contributed by atoms with Gasteiger partial charge in [-0.05, 0) is 31.2 Å². The van der Waals surface area contributed by atoms with Crippen LogP contribution in [-0.2, 0) is 14.1 Å². The number of nitrogens with zero attached hydrogens (tertiary/aromatic N) is 3. The predicted molar refractivity (Wildman–Crippen MR) is 101 cm³/mol. The normalized spacial score (nSPS) is 11.0. The van der Waals surface area contributed by atoms with Crippen molar-refractivity contribution in [2.75, 3.05) is 11.4 Å². The monoisotopic (exact) mass is 377 g/mol. The van der Waals surface area contributed by atoms with E-state index in [9.17, 15) is 14.4 Å². The van der Waals surface area contributed by atoms with Gasteiger partial charge in [0.05, 0.1) is 10.3 Å². The Bertz CT molecular complexity index is 1100. The van der Waals surface area contributed by atoms with E-state index in [1.165, 1.54) is 11.6 Å². The minimum absolute atomic E-state index is 0.236. The molecule has 8 heteroatoms. The molecule has 3 aromatic rings. The summed E-state index contributed by atoms with van der Waals surface area (Å²) in [6.07, 6.45) is 0. The lowest BCUT2D eigenvalue weighted by molar-refractivity contribution is 0.0992. The van der Waals surface area contributed by atoms with Crippen molar-refractivity contribution in [3.05, 3.63) is 61.1 Å². The number of amides is 1. The number of rotatable bonds is 3. The fourth-order valence-corrected chi connectivity index (χ4v) is 3.93. The van der Waals surface area contributed by atoms with Gasteiger partial charge in [-0.2, -0.15) is 0 Å². The fraction of sp³-hybridized carbons (Fsp3) is 0.235. The summed E-state index contributed by atoms with van der Waals surface area (Å²) in [4.78, 5) is 39.8. The van der Waals surface area contributed by atoms with E-state index < -0.39 is 11.2 Å². The summed E-state index contributed by atoms with van der Waals surface area (Å²) in [7, 11) is 3.01. The third-order valence-electron chi connectivity index (χ3n) is 4.02. The van der Waals surface area contributed by atoms with E-state index in [0.29, 0.717) is 32.3 Å². The van der Waals surface area contributed by atoms with Gasteiger partial charge in [0, 0.05) is 31.4 Å². The van der Waals surface area contributed by atoms with Crippen LogP contribution < -0.4 is 16.1 Å². The van der Waals surface area contributed by atoms with E-state index in [1.54, 1.807) is 42.3 Å². The molecule has 0 aliphatic carbocycles. The molecule has 130 valence electrons. The molecule has 0 aliphatic rings. The van der Waals surface area contributed by atoms with Gasteiger partial charge in [0.25, 0.3) is 11.5 Å². The van der Waals surface area contributed by atoms with Crippen molar-refractivity contribution in [3.8, 4) is 0 Å². The third-order valence-corrected chi connectivity index (χ3v) is 5.45. The topological polar surface area (TPSA) is 64.3 Å². The van der Waals surface area contributed by atoms with Crippen molar-refractivity contribution in [2.24, 2.45) is 14.1 Å². The van der Waals surface area contributed by atoms with Crippen LogP contribution in [-0.4, -0.2) is 21.6 Å². The molecule has 2 aromatic heterocycles. The summed E-state index contributed by atoms with van der Waals surface area (Å²) in [5.41, 5.74) is -0.140. The number of anilines is 1. The van der Waals surface area contributed by atoms with Crippen LogP contribution in [0, 0.1) is 0 Å². The first-order valence-corrected chi connectivity index (χ1v) is 8.81. The highest BCUT2D eigenvalue weighted by atomic mass is 35.5. The minimum Gasteiger partial charge on any atom is -0.308 e. The van der Waals surface area contributed by atoms with Crippen LogP contribution in [0.4, 0.5) is 5.69 Å². The number of thiophene rings is 1. The Hall–Kier alpha value is -2.38. The van der Waals surface area contributed by atoms with Crippen molar-refractivity contribution in [1.82, 2.24) is 9.13 Å². The molecule has 0 aliphatic heterocycles. The summed E-state index contributed by atoms with van der Waals surface area (Å²) in [5, 5.41) is 0.899. The highest BCUT2D eigenvalue weighted by Crippen LogP contribution is 2.26. The van der Waals surface area contributed by atoms with Crippen LogP contribution >= 0.6 is 22.9 Å². The van der Waals surface area contributed by atoms with Crippen molar-refractivity contribution in [1.29, 1.82) is 0 Å². The summed E-state index contributed by atoms with van der Waals surface area (Å²) in [6, 6.07) is 8.58. The number of fused-ring (bicyclic) bond motifs is 1. The SMILES string of the molecule is CCN(C(=O)c1cc2c(=O)n(C)c(=O)n(C)c2s1)c1cccc(Cl)c1. The van der Waals surface area contributed by atoms with Crippen molar-refractivity contribution in [3.63, 3.8) is 0 Å². The molecule has 0 bridgehead atoms. The van der Waals surface area contributed by atoms with Crippen LogP contribution in [0.2, 0.25) is 5.02 Å². The standard InChI is InChI=1S/C17H16ClN3O3S/c1-4-21(11-7-5-6-10(18)8-11)15(23)13-9-12-14(22)19(2)17(24)20(3)16(12)25-13/h5-9H,4H2,1-3H3. The van der Waals surface area contributed by atoms with Gasteiger partial charge in [0.1, 0.15) is 4.83 Å². The number of hydrogen-bond donors (Lipinski definition) is 0. The maximum atomic E-state index is 12.9. The fourth-order valence-electron chi connectivity index (χ4n) is 2.69. The van der Waals surface area contributed by atoms with Gasteiger partial charge in [-0.25, -0.2) is 4.79 Å². The molecule has 0 saturated carbocycles. The molecule has 0 spiro atoms. The Morgan fingerprint density at radius 1 is 1.20 bits per heavy atom. The average Bonchev–Trinajstić information content (AvgIpc) is 3.04. The number of halogens is 1. The Kier molecular flexibility index (Phi) is 4.53. The zero-order valence-corrected chi connectivity index (χ0v) is 15.5. The van der Waals surface area contributed by atoms with Crippen LogP contribution in [0.5, 0.6) is 0 Å². The summed E-state index contributed by atoms with van der Waals surface area (Å²) < 4.78 is 2.42. The molecule has 3 rings (SSSR count). The van der Waals surface area contributed by atoms with Crippen LogP contribution in [0.3, 0.4) is 0 Å². The highest BCUT2D eigenvalue weighted by Gasteiger charge is 2.21. The largest absolute Gasteiger partial charge is 0.331 e. The van der Waals surface area contributed by atoms with Crippen LogP contribution in [0.1, 0.15) is 16.6 Å². The number of aromatic nitrogens is 2. The van der Waals surface area contributed by atoms with E-state index in [1.807, 2.05) is 6.92 Å². The second kappa shape index (κ2) is 6.50. The Morgan fingerprint density at radius 2 is 1.92 bits per heavy atom. The molecular weight excluding hydrogens is 362 g/mol. The first-order chi connectivity index (χ1) is 11.8. The molecule has 0 saturated heterocycles. The molecular formula is C17H16ClN3O3S. The van der Waals surface area contributed by atoms with Gasteiger partial charge in [-0.1, -0.05) is 17.7 Å². The smallest absolute Gasteiger partial charge is 0.308 e. The minimum atomic E-state index is -0.416. The van der Waals surface area contributed by atoms with E-state index in [2.05, 4.69) is 0 Å². The summed E-state index contributed by atoms with van der Waals surface area (Å²) in [6.45, 7) is 2.31. The number of hydrogen-bond acceptors (Lipinski definition) is 4. The maximum Gasteiger partial charge on any atom is 0.331 e. The van der Waals surface area contributed by atoms with Crippen molar-refractivity contribution < 1.29 is 4.79 Å². The summed E-state index contributed by atoms with van der Waals surface area (Å²) in [5.74, 6) is -0.236. The highest BCUT2D eigenvalue weighted by molar-refractivity contribution is 7.20. The lowest BCUT2D eigenvalue weighted by Crippen LogP contribution is -2.36. The zero-order valence-electron chi connectivity index (χ0n) is 13.9. The molecule has 0 unspecified atom stereocenters. The van der Waals surface area contributed by atoms with Gasteiger partial charge in [-0.3, -0.25) is 18.7 Å². The predicted octanol–water partition coefficient (Wildman–Crippen LogP) is 2.62. The molecule has 6 nitrogen and oxygen atoms in total. The lowest BCUT2D eigenvalue weighted by Gasteiger charge is -2.20. The molecule has 1 aromatic carbocycles. The van der Waals surface area contributed by atoms with Crippen molar-refractivity contribution >= 4 is 44.7 Å². The molecule has 0 radical (unpaired) electrons.